The number of aromatic hydroxyl groups is 1. The minimum absolute atomic E-state index is 0. The van der Waals surface area contributed by atoms with Crippen molar-refractivity contribution in [1.29, 1.82) is 0 Å². The molecule has 2 aromatic carbocycles. The molecule has 0 atom stereocenters. The monoisotopic (exact) mass is 448 g/mol. The van der Waals surface area contributed by atoms with Crippen molar-refractivity contribution in [2.45, 2.75) is 0 Å². The molecule has 0 spiro atoms. The molecule has 0 fully saturated rings. The molecule has 2 N–H and O–H groups in total. The Hall–Kier alpha value is -3.12. The zero-order valence-electron chi connectivity index (χ0n) is 14.0. The Morgan fingerprint density at radius 3 is 2.48 bits per heavy atom. The third-order valence-corrected chi connectivity index (χ3v) is 4.20. The summed E-state index contributed by atoms with van der Waals surface area (Å²) in [6, 6.07) is 8.25. The first-order chi connectivity index (χ1) is 12.1. The molecule has 27 heavy (non-hydrogen) atoms. The Balaban J connectivity index is 0.000000634. The van der Waals surface area contributed by atoms with E-state index in [1.807, 2.05) is 0 Å². The molecule has 0 bridgehead atoms. The summed E-state index contributed by atoms with van der Waals surface area (Å²) in [5, 5.41) is 13.9. The van der Waals surface area contributed by atoms with Gasteiger partial charge in [0.1, 0.15) is 5.75 Å². The maximum Gasteiger partial charge on any atom is 3.00 e. The van der Waals surface area contributed by atoms with Gasteiger partial charge in [-0.2, -0.15) is 0 Å². The van der Waals surface area contributed by atoms with Gasteiger partial charge in [0, 0.05) is 11.6 Å². The number of fused-ring (bicyclic) bond motifs is 8. The summed E-state index contributed by atoms with van der Waals surface area (Å²) in [5.74, 6) is -0.802. The van der Waals surface area contributed by atoms with Gasteiger partial charge in [-0.3, -0.25) is 26.7 Å². The van der Waals surface area contributed by atoms with E-state index >= 15 is 0 Å². The Labute approximate surface area is 166 Å². The van der Waals surface area contributed by atoms with Crippen molar-refractivity contribution in [3.05, 3.63) is 55.1 Å². The van der Waals surface area contributed by atoms with E-state index in [9.17, 15) is 14.7 Å². The number of nitrogens with zero attached hydrogens (tertiary/aromatic N) is 2. The fourth-order valence-electron chi connectivity index (χ4n) is 3.30. The van der Waals surface area contributed by atoms with Gasteiger partial charge < -0.3 is 22.3 Å². The maximum absolute atomic E-state index is 12.3. The Kier molecular flexibility index (Phi) is 5.42. The van der Waals surface area contributed by atoms with E-state index in [1.165, 1.54) is 6.07 Å². The third-order valence-electron chi connectivity index (χ3n) is 4.20. The smallest absolute Gasteiger partial charge is 0.655 e. The largest absolute Gasteiger partial charge is 3.00 e. The maximum atomic E-state index is 12.3. The topological polar surface area (TPSA) is 110 Å². The van der Waals surface area contributed by atoms with E-state index in [2.05, 4.69) is 22.1 Å². The molecule has 0 saturated carbocycles. The quantitative estimate of drug-likeness (QED) is 0.185. The van der Waals surface area contributed by atoms with Crippen LogP contribution in [0.2, 0.25) is 0 Å². The van der Waals surface area contributed by atoms with Crippen molar-refractivity contribution in [2.75, 3.05) is 0 Å². The van der Waals surface area contributed by atoms with E-state index in [0.717, 1.165) is 0 Å². The molecular weight excluding hydrogens is 435 g/mol. The second kappa shape index (κ2) is 7.25. The normalized spacial score (nSPS) is 12.0. The summed E-state index contributed by atoms with van der Waals surface area (Å²) in [6.45, 7) is 3.25. The van der Waals surface area contributed by atoms with Crippen LogP contribution in [-0.4, -0.2) is 28.7 Å². The molecule has 4 aromatic rings. The van der Waals surface area contributed by atoms with E-state index in [0.29, 0.717) is 43.8 Å². The average molecular weight is 447 g/mol. The molecule has 0 saturated heterocycles. The van der Waals surface area contributed by atoms with Gasteiger partial charge in [-0.25, -0.2) is 0 Å². The van der Waals surface area contributed by atoms with E-state index in [-0.39, 0.29) is 32.7 Å². The van der Waals surface area contributed by atoms with Crippen LogP contribution in [0.15, 0.2) is 36.5 Å². The molecule has 1 aliphatic rings. The Morgan fingerprint density at radius 1 is 1.04 bits per heavy atom. The van der Waals surface area contributed by atoms with Crippen LogP contribution in [0.1, 0.15) is 20.7 Å². The standard InChI is InChI=1S/C17H9N3O3.CHO.CH3.Ru/c21-7-3-4-10-9(6-7)11-13-12(16(22)20-17(13)23)8-2-1-5-18-14(8)15(11)19-10;1-2;;/h1-6H,(H3,18,19,20,21,22,23);1H;1H3;/q;2*-1;+3/p-1. The molecule has 5 rings (SSSR count). The number of phenolic OH excluding ortho intramolecular Hbond substituents is 1. The number of hydrogen-bond donors (Lipinski definition) is 2. The predicted molar refractivity (Wildman–Crippen MR) is 96.7 cm³/mol. The van der Waals surface area contributed by atoms with Crippen LogP contribution in [0.25, 0.3) is 32.7 Å². The second-order valence-electron chi connectivity index (χ2n) is 5.47. The first kappa shape index (κ1) is 20.2. The summed E-state index contributed by atoms with van der Waals surface area (Å²) in [7, 11) is 0. The number of amides is 2. The van der Waals surface area contributed by atoms with Gasteiger partial charge in [0.2, 0.25) is 0 Å². The van der Waals surface area contributed by atoms with Gasteiger partial charge >= 0.3 is 19.5 Å². The van der Waals surface area contributed by atoms with E-state index in [1.54, 1.807) is 30.5 Å². The first-order valence-corrected chi connectivity index (χ1v) is 7.24. The fraction of sp³-hybridized carbons (Fsp3) is 0. The third kappa shape index (κ3) is 2.69. The molecule has 7 nitrogen and oxygen atoms in total. The SMILES string of the molecule is O=C1NC(=O)c2c1c1cccnc1c1[n-]c3ccc(O)cc3c21.[CH-]=O.[CH3-].[Ru+3]. The number of phenols is 1. The van der Waals surface area contributed by atoms with Crippen molar-refractivity contribution >= 4 is 51.3 Å². The number of imide groups is 1. The summed E-state index contributed by atoms with van der Waals surface area (Å²) in [4.78, 5) is 41.2. The molecule has 135 valence electrons. The number of pyridine rings is 1. The Morgan fingerprint density at radius 2 is 1.74 bits per heavy atom. The van der Waals surface area contributed by atoms with Crippen LogP contribution in [0.3, 0.4) is 0 Å². The van der Waals surface area contributed by atoms with Crippen molar-refractivity contribution in [3.8, 4) is 5.75 Å². The zero-order valence-corrected chi connectivity index (χ0v) is 15.7. The molecule has 1 radical (unpaired) electrons. The molecule has 3 heterocycles. The minimum atomic E-state index is -0.446. The number of carbonyl (C=O) groups excluding carboxylic acids is 3. The van der Waals surface area contributed by atoms with Gasteiger partial charge in [-0.05, 0) is 29.0 Å². The predicted octanol–water partition coefficient (Wildman–Crippen LogP) is 2.26. The van der Waals surface area contributed by atoms with Crippen LogP contribution >= 0.6 is 0 Å². The van der Waals surface area contributed by atoms with Crippen LogP contribution in [0.5, 0.6) is 5.75 Å². The molecule has 0 aliphatic carbocycles. The van der Waals surface area contributed by atoms with E-state index in [4.69, 9.17) is 4.79 Å². The number of hydrogen-bond acceptors (Lipinski definition) is 5. The van der Waals surface area contributed by atoms with Crippen LogP contribution in [-0.2, 0) is 24.3 Å². The van der Waals surface area contributed by atoms with Crippen molar-refractivity contribution in [3.63, 3.8) is 0 Å². The fourth-order valence-corrected chi connectivity index (χ4v) is 3.30. The van der Waals surface area contributed by atoms with Crippen LogP contribution < -0.4 is 10.3 Å². The Bertz CT molecular complexity index is 1220. The summed E-state index contributed by atoms with van der Waals surface area (Å²) < 4.78 is 0. The van der Waals surface area contributed by atoms with Crippen molar-refractivity contribution < 1.29 is 39.0 Å². The van der Waals surface area contributed by atoms with Crippen LogP contribution in [0, 0.1) is 7.43 Å². The van der Waals surface area contributed by atoms with Gasteiger partial charge in [-0.15, -0.1) is 11.0 Å². The molecule has 2 amide bonds. The van der Waals surface area contributed by atoms with Gasteiger partial charge in [0.25, 0.3) is 11.8 Å². The second-order valence-corrected chi connectivity index (χ2v) is 5.47. The summed E-state index contributed by atoms with van der Waals surface area (Å²) in [6.07, 6.45) is 1.62. The molecule has 1 aliphatic heterocycles. The number of carbonyl (C=O) groups is 2. The molecule has 8 heteroatoms. The molecule has 0 unspecified atom stereocenters. The summed E-state index contributed by atoms with van der Waals surface area (Å²) in [5.41, 5.74) is 2.40. The van der Waals surface area contributed by atoms with Gasteiger partial charge in [0.05, 0.1) is 16.6 Å². The van der Waals surface area contributed by atoms with Crippen LogP contribution in [0.4, 0.5) is 0 Å². The molecule has 2 aromatic heterocycles. The van der Waals surface area contributed by atoms with Gasteiger partial charge in [0.15, 0.2) is 0 Å². The average Bonchev–Trinajstić information content (AvgIpc) is 3.14. The zero-order chi connectivity index (χ0) is 17.7. The number of aromatic nitrogens is 2. The van der Waals surface area contributed by atoms with Gasteiger partial charge in [-0.1, -0.05) is 12.1 Å². The number of benzene rings is 2. The first-order valence-electron chi connectivity index (χ1n) is 7.24. The molecular formula is C19H12N3O4Ru. The summed E-state index contributed by atoms with van der Waals surface area (Å²) >= 11 is 0. The minimum Gasteiger partial charge on any atom is -0.655 e. The number of nitrogens with one attached hydrogen (secondary N) is 1. The van der Waals surface area contributed by atoms with Crippen molar-refractivity contribution in [1.82, 2.24) is 15.3 Å². The van der Waals surface area contributed by atoms with E-state index < -0.39 is 11.8 Å². The van der Waals surface area contributed by atoms with Crippen molar-refractivity contribution in [2.24, 2.45) is 0 Å². The number of rotatable bonds is 0.